The molecule has 1 aliphatic carbocycles. The number of amides is 2. The van der Waals surface area contributed by atoms with E-state index in [0.29, 0.717) is 12.2 Å². The van der Waals surface area contributed by atoms with Gasteiger partial charge in [-0.05, 0) is 31.4 Å². The van der Waals surface area contributed by atoms with Crippen LogP contribution < -0.4 is 10.9 Å². The first-order valence-electron chi connectivity index (χ1n) is 7.26. The van der Waals surface area contributed by atoms with Gasteiger partial charge in [0.1, 0.15) is 5.69 Å². The number of aliphatic hydroxyl groups is 1. The van der Waals surface area contributed by atoms with E-state index >= 15 is 0 Å². The molecule has 2 N–H and O–H groups in total. The maximum atomic E-state index is 12.2. The van der Waals surface area contributed by atoms with Crippen molar-refractivity contribution in [3.63, 3.8) is 0 Å². The maximum absolute atomic E-state index is 12.2. The Morgan fingerprint density at radius 1 is 1.52 bits per heavy atom. The zero-order valence-electron chi connectivity index (χ0n) is 12.8. The van der Waals surface area contributed by atoms with Gasteiger partial charge in [-0.25, -0.2) is 4.79 Å². The smallest absolute Gasteiger partial charge is 0.321 e. The molecule has 1 aromatic heterocycles. The Morgan fingerprint density at radius 2 is 2.24 bits per heavy atom. The van der Waals surface area contributed by atoms with Gasteiger partial charge in [0.05, 0.1) is 6.10 Å². The third-order valence-electron chi connectivity index (χ3n) is 4.18. The van der Waals surface area contributed by atoms with Gasteiger partial charge in [-0.3, -0.25) is 4.79 Å². The van der Waals surface area contributed by atoms with Crippen LogP contribution in [0.5, 0.6) is 0 Å². The van der Waals surface area contributed by atoms with E-state index in [1.807, 2.05) is 0 Å². The zero-order valence-corrected chi connectivity index (χ0v) is 12.8. The summed E-state index contributed by atoms with van der Waals surface area (Å²) < 4.78 is 1.43. The van der Waals surface area contributed by atoms with Gasteiger partial charge < -0.3 is 19.9 Å². The number of nitrogens with one attached hydrogen (secondary N) is 1. The Morgan fingerprint density at radius 3 is 2.86 bits per heavy atom. The van der Waals surface area contributed by atoms with Crippen LogP contribution in [0.3, 0.4) is 0 Å². The lowest BCUT2D eigenvalue weighted by molar-refractivity contribution is 0.116. The number of hydrogen-bond acceptors (Lipinski definition) is 3. The Bertz CT molecular complexity index is 582. The quantitative estimate of drug-likeness (QED) is 0.882. The Balaban J connectivity index is 2.04. The second-order valence-electron chi connectivity index (χ2n) is 5.86. The van der Waals surface area contributed by atoms with Gasteiger partial charge >= 0.3 is 6.03 Å². The van der Waals surface area contributed by atoms with E-state index in [9.17, 15) is 14.7 Å². The summed E-state index contributed by atoms with van der Waals surface area (Å²) in [6.07, 6.45) is 4.08. The van der Waals surface area contributed by atoms with Gasteiger partial charge in [-0.15, -0.1) is 0 Å². The van der Waals surface area contributed by atoms with Gasteiger partial charge in [-0.1, -0.05) is 6.42 Å². The molecule has 0 aromatic carbocycles. The minimum absolute atomic E-state index is 0.125. The fraction of sp³-hybridized carbons (Fsp3) is 0.600. The molecule has 21 heavy (non-hydrogen) atoms. The second kappa shape index (κ2) is 6.30. The average Bonchev–Trinajstić information content (AvgIpc) is 2.84. The number of hydrogen-bond donors (Lipinski definition) is 2. The van der Waals surface area contributed by atoms with Gasteiger partial charge in [0.15, 0.2) is 0 Å². The predicted molar refractivity (Wildman–Crippen MR) is 81.4 cm³/mol. The molecule has 1 saturated carbocycles. The number of aryl methyl sites for hydroxylation is 2. The molecule has 2 rings (SSSR count). The van der Waals surface area contributed by atoms with E-state index in [1.54, 1.807) is 33.3 Å². The van der Waals surface area contributed by atoms with Crippen molar-refractivity contribution in [3.05, 3.63) is 28.2 Å². The first-order chi connectivity index (χ1) is 9.90. The van der Waals surface area contributed by atoms with Gasteiger partial charge in [0, 0.05) is 32.8 Å². The summed E-state index contributed by atoms with van der Waals surface area (Å²) in [6, 6.07) is 1.47. The molecule has 1 heterocycles. The van der Waals surface area contributed by atoms with E-state index in [4.69, 9.17) is 0 Å². The van der Waals surface area contributed by atoms with Crippen LogP contribution in [0, 0.1) is 12.8 Å². The van der Waals surface area contributed by atoms with Gasteiger partial charge in [-0.2, -0.15) is 0 Å². The number of anilines is 1. The molecule has 1 aliphatic rings. The van der Waals surface area contributed by atoms with Crippen LogP contribution in [0.15, 0.2) is 17.1 Å². The lowest BCUT2D eigenvalue weighted by Crippen LogP contribution is -2.38. The molecular weight excluding hydrogens is 270 g/mol. The van der Waals surface area contributed by atoms with Crippen LogP contribution in [-0.4, -0.2) is 40.3 Å². The highest BCUT2D eigenvalue weighted by atomic mass is 16.3. The topological polar surface area (TPSA) is 74.6 Å². The van der Waals surface area contributed by atoms with E-state index in [-0.39, 0.29) is 23.6 Å². The SMILES string of the molecule is Cc1ccn(C)c(=O)c1NC(=O)N(C)CC1CCCC1O. The zero-order chi connectivity index (χ0) is 15.6. The Hall–Kier alpha value is -1.82. The number of urea groups is 1. The Labute approximate surface area is 124 Å². The lowest BCUT2D eigenvalue weighted by Gasteiger charge is -2.23. The second-order valence-corrected chi connectivity index (χ2v) is 5.86. The number of pyridine rings is 1. The fourth-order valence-electron chi connectivity index (χ4n) is 2.74. The van der Waals surface area contributed by atoms with Crippen molar-refractivity contribution in [2.45, 2.75) is 32.3 Å². The minimum atomic E-state index is -0.327. The standard InChI is InChI=1S/C15H23N3O3/c1-10-7-8-17(2)14(20)13(10)16-15(21)18(3)9-11-5-4-6-12(11)19/h7-8,11-12,19H,4-6,9H2,1-3H3,(H,16,21). The van der Waals surface area contributed by atoms with Crippen molar-refractivity contribution in [1.82, 2.24) is 9.47 Å². The van der Waals surface area contributed by atoms with Crippen LogP contribution in [0.2, 0.25) is 0 Å². The van der Waals surface area contributed by atoms with Crippen molar-refractivity contribution in [1.29, 1.82) is 0 Å². The number of nitrogens with zero attached hydrogens (tertiary/aromatic N) is 2. The van der Waals surface area contributed by atoms with Crippen LogP contribution in [0.4, 0.5) is 10.5 Å². The third kappa shape index (κ3) is 3.44. The number of aromatic nitrogens is 1. The summed E-state index contributed by atoms with van der Waals surface area (Å²) in [5.74, 6) is 0.125. The normalized spacial score (nSPS) is 21.3. The number of carbonyl (C=O) groups is 1. The van der Waals surface area contributed by atoms with Crippen molar-refractivity contribution < 1.29 is 9.90 Å². The molecule has 2 unspecified atom stereocenters. The molecular formula is C15H23N3O3. The summed E-state index contributed by atoms with van der Waals surface area (Å²) in [5, 5.41) is 12.5. The van der Waals surface area contributed by atoms with E-state index < -0.39 is 0 Å². The fourth-order valence-corrected chi connectivity index (χ4v) is 2.74. The van der Waals surface area contributed by atoms with Crippen LogP contribution in [-0.2, 0) is 7.05 Å². The summed E-state index contributed by atoms with van der Waals surface area (Å²) >= 11 is 0. The van der Waals surface area contributed by atoms with E-state index in [0.717, 1.165) is 24.8 Å². The van der Waals surface area contributed by atoms with Crippen LogP contribution in [0.25, 0.3) is 0 Å². The number of aliphatic hydroxyl groups excluding tert-OH is 1. The first-order valence-corrected chi connectivity index (χ1v) is 7.26. The molecule has 0 aliphatic heterocycles. The minimum Gasteiger partial charge on any atom is -0.393 e. The molecule has 0 saturated heterocycles. The molecule has 0 spiro atoms. The van der Waals surface area contributed by atoms with Gasteiger partial charge in [0.25, 0.3) is 5.56 Å². The number of rotatable bonds is 3. The monoisotopic (exact) mass is 293 g/mol. The molecule has 1 fully saturated rings. The highest BCUT2D eigenvalue weighted by molar-refractivity contribution is 5.89. The molecule has 6 heteroatoms. The molecule has 0 bridgehead atoms. The average molecular weight is 293 g/mol. The van der Waals surface area contributed by atoms with Crippen molar-refractivity contribution >= 4 is 11.7 Å². The molecule has 0 radical (unpaired) electrons. The van der Waals surface area contributed by atoms with Gasteiger partial charge in [0.2, 0.25) is 0 Å². The predicted octanol–water partition coefficient (Wildman–Crippen LogP) is 1.32. The third-order valence-corrected chi connectivity index (χ3v) is 4.18. The summed E-state index contributed by atoms with van der Waals surface area (Å²) in [6.45, 7) is 2.29. The number of carbonyl (C=O) groups excluding carboxylic acids is 1. The molecule has 1 aromatic rings. The van der Waals surface area contributed by atoms with E-state index in [1.165, 1.54) is 9.47 Å². The molecule has 6 nitrogen and oxygen atoms in total. The lowest BCUT2D eigenvalue weighted by atomic mass is 10.1. The molecule has 116 valence electrons. The molecule has 2 amide bonds. The van der Waals surface area contributed by atoms with Crippen molar-refractivity contribution in [3.8, 4) is 0 Å². The Kier molecular flexibility index (Phi) is 4.67. The molecule has 2 atom stereocenters. The highest BCUT2D eigenvalue weighted by Gasteiger charge is 2.27. The first kappa shape index (κ1) is 15.6. The van der Waals surface area contributed by atoms with Crippen molar-refractivity contribution in [2.24, 2.45) is 13.0 Å². The summed E-state index contributed by atoms with van der Waals surface area (Å²) in [5.41, 5.74) is 0.822. The van der Waals surface area contributed by atoms with Crippen LogP contribution >= 0.6 is 0 Å². The highest BCUT2D eigenvalue weighted by Crippen LogP contribution is 2.26. The maximum Gasteiger partial charge on any atom is 0.321 e. The summed E-state index contributed by atoms with van der Waals surface area (Å²) in [4.78, 5) is 25.8. The van der Waals surface area contributed by atoms with Crippen LogP contribution in [0.1, 0.15) is 24.8 Å². The largest absolute Gasteiger partial charge is 0.393 e. The van der Waals surface area contributed by atoms with E-state index in [2.05, 4.69) is 5.32 Å². The van der Waals surface area contributed by atoms with Crippen molar-refractivity contribution in [2.75, 3.05) is 18.9 Å². The summed E-state index contributed by atoms with van der Waals surface area (Å²) in [7, 11) is 3.33.